The van der Waals surface area contributed by atoms with Gasteiger partial charge in [-0.3, -0.25) is 0 Å². The maximum atomic E-state index is 5.03. The molecule has 0 aromatic carbocycles. The van der Waals surface area contributed by atoms with E-state index in [1.54, 1.807) is 6.61 Å². The highest BCUT2D eigenvalue weighted by atomic mass is 16.7. The van der Waals surface area contributed by atoms with Crippen LogP contribution in [0, 0.1) is 6.61 Å². The quantitative estimate of drug-likeness (QED) is 0.411. The van der Waals surface area contributed by atoms with Gasteiger partial charge < -0.3 is 9.47 Å². The van der Waals surface area contributed by atoms with Crippen LogP contribution in [-0.2, 0) is 9.47 Å². The first-order valence-electron chi connectivity index (χ1n) is 2.78. The zero-order valence-electron chi connectivity index (χ0n) is 5.68. The van der Waals surface area contributed by atoms with Gasteiger partial charge in [0.1, 0.15) is 6.79 Å². The van der Waals surface area contributed by atoms with Crippen molar-refractivity contribution in [2.75, 3.05) is 6.79 Å². The molecule has 8 heavy (non-hydrogen) atoms. The summed E-state index contributed by atoms with van der Waals surface area (Å²) in [4.78, 5) is 0. The Morgan fingerprint density at radius 1 is 1.50 bits per heavy atom. The van der Waals surface area contributed by atoms with Crippen molar-refractivity contribution < 1.29 is 9.47 Å². The summed E-state index contributed by atoms with van der Waals surface area (Å²) in [6.07, 6.45) is 0.259. The van der Waals surface area contributed by atoms with E-state index in [-0.39, 0.29) is 6.10 Å². The van der Waals surface area contributed by atoms with Crippen LogP contribution in [0.3, 0.4) is 0 Å². The maximum absolute atomic E-state index is 5.03. The lowest BCUT2D eigenvalue weighted by atomic mass is 10.5. The molecule has 0 saturated carbocycles. The Kier molecular flexibility index (Phi) is 5.01. The van der Waals surface area contributed by atoms with E-state index in [0.29, 0.717) is 6.79 Å². The van der Waals surface area contributed by atoms with E-state index in [9.17, 15) is 0 Å². The zero-order valence-corrected chi connectivity index (χ0v) is 5.68. The smallest absolute Gasteiger partial charge is 0.147 e. The average Bonchev–Trinajstić information content (AvgIpc) is 1.66. The number of ether oxygens (including phenoxy) is 2. The molecule has 0 amide bonds. The van der Waals surface area contributed by atoms with Gasteiger partial charge in [-0.1, -0.05) is 0 Å². The number of hydrogen-bond donors (Lipinski definition) is 0. The third-order valence-electron chi connectivity index (χ3n) is 0.636. The summed E-state index contributed by atoms with van der Waals surface area (Å²) in [5.74, 6) is 0. The molecule has 1 radical (unpaired) electrons. The topological polar surface area (TPSA) is 18.5 Å². The van der Waals surface area contributed by atoms with Crippen LogP contribution in [0.5, 0.6) is 0 Å². The minimum Gasteiger partial charge on any atom is -0.353 e. The molecule has 0 spiro atoms. The Morgan fingerprint density at radius 3 is 2.50 bits per heavy atom. The lowest BCUT2D eigenvalue weighted by Gasteiger charge is -2.04. The highest BCUT2D eigenvalue weighted by Crippen LogP contribution is 1.88. The van der Waals surface area contributed by atoms with Crippen LogP contribution in [0.25, 0.3) is 0 Å². The molecule has 0 rings (SSSR count). The van der Waals surface area contributed by atoms with Gasteiger partial charge in [-0.2, -0.15) is 0 Å². The first-order chi connectivity index (χ1) is 3.77. The van der Waals surface area contributed by atoms with Gasteiger partial charge in [-0.05, 0) is 20.8 Å². The van der Waals surface area contributed by atoms with Crippen molar-refractivity contribution in [2.24, 2.45) is 0 Å². The monoisotopic (exact) mass is 117 g/mol. The second kappa shape index (κ2) is 5.06. The van der Waals surface area contributed by atoms with Crippen molar-refractivity contribution in [1.29, 1.82) is 0 Å². The summed E-state index contributed by atoms with van der Waals surface area (Å²) in [5, 5.41) is 0. The Hall–Kier alpha value is -0.0800. The second-order valence-corrected chi connectivity index (χ2v) is 1.74. The Labute approximate surface area is 50.8 Å². The van der Waals surface area contributed by atoms with Gasteiger partial charge in [-0.25, -0.2) is 0 Å². The molecule has 0 atom stereocenters. The zero-order chi connectivity index (χ0) is 6.41. The third kappa shape index (κ3) is 5.92. The van der Waals surface area contributed by atoms with Crippen LogP contribution in [-0.4, -0.2) is 12.9 Å². The van der Waals surface area contributed by atoms with E-state index >= 15 is 0 Å². The molecule has 0 N–H and O–H groups in total. The molecule has 0 aliphatic rings. The molecule has 0 aliphatic heterocycles. The van der Waals surface area contributed by atoms with Crippen molar-refractivity contribution >= 4 is 0 Å². The molecule has 0 bridgehead atoms. The second-order valence-electron chi connectivity index (χ2n) is 1.74. The van der Waals surface area contributed by atoms with Crippen molar-refractivity contribution in [3.8, 4) is 0 Å². The third-order valence-corrected chi connectivity index (χ3v) is 0.636. The molecule has 0 unspecified atom stereocenters. The molecule has 2 nitrogen and oxygen atoms in total. The van der Waals surface area contributed by atoms with Gasteiger partial charge in [0.2, 0.25) is 0 Å². The van der Waals surface area contributed by atoms with E-state index in [2.05, 4.69) is 0 Å². The molecule has 0 saturated heterocycles. The Balaban J connectivity index is 2.72. The van der Waals surface area contributed by atoms with Gasteiger partial charge >= 0.3 is 0 Å². The van der Waals surface area contributed by atoms with Gasteiger partial charge in [0.05, 0.1) is 12.7 Å². The summed E-state index contributed by atoms with van der Waals surface area (Å²) in [6, 6.07) is 0. The fourth-order valence-corrected chi connectivity index (χ4v) is 0.243. The molecule has 2 heteroatoms. The van der Waals surface area contributed by atoms with E-state index in [1.165, 1.54) is 0 Å². The summed E-state index contributed by atoms with van der Waals surface area (Å²) in [5.41, 5.74) is 0. The van der Waals surface area contributed by atoms with E-state index in [4.69, 9.17) is 9.47 Å². The van der Waals surface area contributed by atoms with Crippen LogP contribution in [0.1, 0.15) is 20.8 Å². The van der Waals surface area contributed by atoms with Crippen LogP contribution >= 0.6 is 0 Å². The summed E-state index contributed by atoms with van der Waals surface area (Å²) < 4.78 is 9.83. The van der Waals surface area contributed by atoms with Crippen molar-refractivity contribution in [3.05, 3.63) is 6.61 Å². The molecular weight excluding hydrogens is 104 g/mol. The first kappa shape index (κ1) is 7.92. The minimum atomic E-state index is 0.259. The average molecular weight is 117 g/mol. The maximum Gasteiger partial charge on any atom is 0.147 e. The van der Waals surface area contributed by atoms with Crippen molar-refractivity contribution in [2.45, 2.75) is 26.9 Å². The van der Waals surface area contributed by atoms with Gasteiger partial charge in [-0.15, -0.1) is 0 Å². The van der Waals surface area contributed by atoms with E-state index < -0.39 is 0 Å². The summed E-state index contributed by atoms with van der Waals surface area (Å²) in [7, 11) is 0. The summed E-state index contributed by atoms with van der Waals surface area (Å²) in [6.45, 7) is 7.75. The molecular formula is C6H13O2. The molecule has 0 aromatic heterocycles. The minimum absolute atomic E-state index is 0.259. The van der Waals surface area contributed by atoms with Gasteiger partial charge in [0.25, 0.3) is 0 Å². The van der Waals surface area contributed by atoms with Crippen LogP contribution in [0.2, 0.25) is 0 Å². The lowest BCUT2D eigenvalue weighted by Crippen LogP contribution is -2.04. The van der Waals surface area contributed by atoms with Crippen molar-refractivity contribution in [1.82, 2.24) is 0 Å². The SMILES string of the molecule is C[CH]OCOC(C)C. The normalized spacial score (nSPS) is 10.5. The lowest BCUT2D eigenvalue weighted by molar-refractivity contribution is -0.0554. The van der Waals surface area contributed by atoms with E-state index in [1.807, 2.05) is 20.8 Å². The fourth-order valence-electron chi connectivity index (χ4n) is 0.243. The first-order valence-corrected chi connectivity index (χ1v) is 2.78. The Morgan fingerprint density at radius 2 is 2.12 bits per heavy atom. The summed E-state index contributed by atoms with van der Waals surface area (Å²) >= 11 is 0. The number of hydrogen-bond acceptors (Lipinski definition) is 2. The van der Waals surface area contributed by atoms with Crippen LogP contribution in [0.4, 0.5) is 0 Å². The Bertz CT molecular complexity index is 43.8. The standard InChI is InChI=1S/C6H13O2/c1-4-7-5-8-6(2)3/h4,6H,5H2,1-3H3. The van der Waals surface area contributed by atoms with Crippen LogP contribution in [0.15, 0.2) is 0 Å². The highest BCUT2D eigenvalue weighted by molar-refractivity contribution is 4.33. The molecule has 0 heterocycles. The molecule has 0 fully saturated rings. The molecule has 0 aliphatic carbocycles. The van der Waals surface area contributed by atoms with Gasteiger partial charge in [0.15, 0.2) is 0 Å². The largest absolute Gasteiger partial charge is 0.353 e. The van der Waals surface area contributed by atoms with Crippen LogP contribution < -0.4 is 0 Å². The van der Waals surface area contributed by atoms with E-state index in [0.717, 1.165) is 0 Å². The van der Waals surface area contributed by atoms with Gasteiger partial charge in [0, 0.05) is 0 Å². The predicted octanol–water partition coefficient (Wildman–Crippen LogP) is 1.57. The fraction of sp³-hybridized carbons (Fsp3) is 0.833. The predicted molar refractivity (Wildman–Crippen MR) is 32.1 cm³/mol. The molecule has 49 valence electrons. The molecule has 0 aromatic rings. The number of rotatable bonds is 4. The van der Waals surface area contributed by atoms with Crippen molar-refractivity contribution in [3.63, 3.8) is 0 Å². The highest BCUT2D eigenvalue weighted by Gasteiger charge is 1.88.